The van der Waals surface area contributed by atoms with Gasteiger partial charge in [-0.3, -0.25) is 9.55 Å². The lowest BCUT2D eigenvalue weighted by atomic mass is 10.2. The van der Waals surface area contributed by atoms with Crippen LogP contribution < -0.4 is 5.32 Å². The number of aromatic nitrogens is 4. The molecule has 0 saturated heterocycles. The minimum absolute atomic E-state index is 0.152. The van der Waals surface area contributed by atoms with Crippen molar-refractivity contribution < 1.29 is 8.78 Å². The molecule has 3 rings (SSSR count). The summed E-state index contributed by atoms with van der Waals surface area (Å²) in [5.41, 5.74) is 1.20. The smallest absolute Gasteiger partial charge is 0.319 e. The quantitative estimate of drug-likeness (QED) is 0.655. The fraction of sp³-hybridized carbons (Fsp3) is 0.188. The van der Waals surface area contributed by atoms with Crippen LogP contribution in [0.5, 0.6) is 0 Å². The number of alkyl halides is 2. The molecule has 1 aromatic carbocycles. The van der Waals surface area contributed by atoms with Gasteiger partial charge in [0.1, 0.15) is 16.7 Å². The predicted molar refractivity (Wildman–Crippen MR) is 88.8 cm³/mol. The zero-order valence-corrected chi connectivity index (χ0v) is 13.5. The van der Waals surface area contributed by atoms with Crippen molar-refractivity contribution >= 4 is 17.6 Å². The number of halogens is 2. The maximum Gasteiger partial charge on any atom is 0.319 e. The van der Waals surface area contributed by atoms with Crippen LogP contribution in [0.2, 0.25) is 0 Å². The average Bonchev–Trinajstić information content (AvgIpc) is 3.08. The highest BCUT2D eigenvalue weighted by molar-refractivity contribution is 7.98. The van der Waals surface area contributed by atoms with Gasteiger partial charge in [0.2, 0.25) is 0 Å². The van der Waals surface area contributed by atoms with Gasteiger partial charge in [0.25, 0.3) is 0 Å². The van der Waals surface area contributed by atoms with Gasteiger partial charge in [-0.1, -0.05) is 30.3 Å². The summed E-state index contributed by atoms with van der Waals surface area (Å²) >= 11 is 1.56. The highest BCUT2D eigenvalue weighted by Crippen LogP contribution is 2.21. The van der Waals surface area contributed by atoms with Gasteiger partial charge in [-0.15, -0.1) is 11.8 Å². The van der Waals surface area contributed by atoms with Gasteiger partial charge >= 0.3 is 6.55 Å². The topological polar surface area (TPSA) is 55.6 Å². The summed E-state index contributed by atoms with van der Waals surface area (Å²) in [6.07, 6.45) is 5.83. The second-order valence-corrected chi connectivity index (χ2v) is 5.89. The van der Waals surface area contributed by atoms with Crippen LogP contribution in [0.15, 0.2) is 60.1 Å². The van der Waals surface area contributed by atoms with Crippen molar-refractivity contribution in [1.29, 1.82) is 0 Å². The SMILES string of the molecule is FC(F)n1ccnc1CNc1cncc(SCc2ccccc2)n1. The summed E-state index contributed by atoms with van der Waals surface area (Å²) in [4.78, 5) is 12.5. The lowest BCUT2D eigenvalue weighted by Crippen LogP contribution is -2.10. The van der Waals surface area contributed by atoms with Crippen LogP contribution in [-0.4, -0.2) is 19.5 Å². The monoisotopic (exact) mass is 347 g/mol. The van der Waals surface area contributed by atoms with Crippen LogP contribution in [0.3, 0.4) is 0 Å². The number of nitrogens with one attached hydrogen (secondary N) is 1. The minimum atomic E-state index is -2.61. The van der Waals surface area contributed by atoms with E-state index < -0.39 is 6.55 Å². The maximum absolute atomic E-state index is 12.8. The summed E-state index contributed by atoms with van der Waals surface area (Å²) in [5.74, 6) is 1.56. The van der Waals surface area contributed by atoms with Crippen molar-refractivity contribution in [2.45, 2.75) is 23.9 Å². The third-order valence-corrected chi connectivity index (χ3v) is 4.20. The molecular weight excluding hydrogens is 332 g/mol. The Hall–Kier alpha value is -2.48. The number of nitrogens with zero attached hydrogens (tertiary/aromatic N) is 4. The van der Waals surface area contributed by atoms with Crippen molar-refractivity contribution in [3.63, 3.8) is 0 Å². The molecule has 0 aliphatic rings. The van der Waals surface area contributed by atoms with Gasteiger partial charge in [-0.25, -0.2) is 9.97 Å². The van der Waals surface area contributed by atoms with E-state index in [9.17, 15) is 8.78 Å². The van der Waals surface area contributed by atoms with Gasteiger partial charge < -0.3 is 5.32 Å². The molecule has 0 spiro atoms. The molecule has 2 aromatic heterocycles. The molecule has 124 valence electrons. The highest BCUT2D eigenvalue weighted by Gasteiger charge is 2.11. The van der Waals surface area contributed by atoms with Gasteiger partial charge in [0, 0.05) is 18.1 Å². The predicted octanol–water partition coefficient (Wildman–Crippen LogP) is 3.97. The van der Waals surface area contributed by atoms with E-state index in [1.807, 2.05) is 30.3 Å². The Balaban J connectivity index is 1.60. The molecule has 1 N–H and O–H groups in total. The van der Waals surface area contributed by atoms with Crippen molar-refractivity contribution in [2.24, 2.45) is 0 Å². The minimum Gasteiger partial charge on any atom is -0.362 e. The molecule has 3 aromatic rings. The van der Waals surface area contributed by atoms with Crippen LogP contribution in [-0.2, 0) is 12.3 Å². The second kappa shape index (κ2) is 7.87. The second-order valence-electron chi connectivity index (χ2n) is 4.90. The first-order valence-corrected chi connectivity index (χ1v) is 8.23. The van der Waals surface area contributed by atoms with Crippen LogP contribution in [0.4, 0.5) is 14.6 Å². The molecule has 0 unspecified atom stereocenters. The lowest BCUT2D eigenvalue weighted by Gasteiger charge is -2.09. The first kappa shape index (κ1) is 16.4. The van der Waals surface area contributed by atoms with Crippen LogP contribution in [0.25, 0.3) is 0 Å². The molecule has 0 aliphatic carbocycles. The zero-order valence-electron chi connectivity index (χ0n) is 12.6. The van der Waals surface area contributed by atoms with Crippen molar-refractivity contribution in [3.8, 4) is 0 Å². The molecule has 0 saturated carbocycles. The molecule has 24 heavy (non-hydrogen) atoms. The standard InChI is InChI=1S/C16H15F2N5S/c17-16(18)23-7-6-20-14(23)9-21-13-8-19-10-15(22-13)24-11-12-4-2-1-3-5-12/h1-8,10,16H,9,11H2,(H,21,22). The average molecular weight is 347 g/mol. The molecule has 0 atom stereocenters. The molecular formula is C16H15F2N5S. The third-order valence-electron chi connectivity index (χ3n) is 3.23. The molecule has 0 amide bonds. The summed E-state index contributed by atoms with van der Waals surface area (Å²) < 4.78 is 26.4. The Labute approximate surface area is 142 Å². The number of anilines is 1. The lowest BCUT2D eigenvalue weighted by molar-refractivity contribution is 0.0673. The largest absolute Gasteiger partial charge is 0.362 e. The summed E-state index contributed by atoms with van der Waals surface area (Å²) in [5, 5.41) is 3.74. The Morgan fingerprint density at radius 3 is 2.79 bits per heavy atom. The number of imidazole rings is 1. The molecule has 5 nitrogen and oxygen atoms in total. The fourth-order valence-electron chi connectivity index (χ4n) is 2.06. The number of hydrogen-bond acceptors (Lipinski definition) is 5. The van der Waals surface area contributed by atoms with Crippen LogP contribution in [0.1, 0.15) is 17.9 Å². The Morgan fingerprint density at radius 1 is 1.17 bits per heavy atom. The summed E-state index contributed by atoms with van der Waals surface area (Å²) in [6, 6.07) is 10.1. The van der Waals surface area contributed by atoms with E-state index in [1.165, 1.54) is 18.0 Å². The van der Waals surface area contributed by atoms with E-state index in [0.717, 1.165) is 15.3 Å². The molecule has 0 bridgehead atoms. The molecule has 0 radical (unpaired) electrons. The number of hydrogen-bond donors (Lipinski definition) is 1. The number of benzene rings is 1. The normalized spacial score (nSPS) is 11.0. The van der Waals surface area contributed by atoms with Crippen molar-refractivity contribution in [3.05, 3.63) is 66.5 Å². The van der Waals surface area contributed by atoms with Crippen molar-refractivity contribution in [2.75, 3.05) is 5.32 Å². The van der Waals surface area contributed by atoms with Gasteiger partial charge in [-0.05, 0) is 5.56 Å². The van der Waals surface area contributed by atoms with Gasteiger partial charge in [-0.2, -0.15) is 8.78 Å². The van der Waals surface area contributed by atoms with E-state index in [1.54, 1.807) is 24.2 Å². The first-order chi connectivity index (χ1) is 11.7. The highest BCUT2D eigenvalue weighted by atomic mass is 32.2. The molecule has 8 heteroatoms. The third kappa shape index (κ3) is 4.29. The van der Waals surface area contributed by atoms with Gasteiger partial charge in [0.15, 0.2) is 0 Å². The van der Waals surface area contributed by atoms with Crippen LogP contribution in [0, 0.1) is 0 Å². The Bertz CT molecular complexity index is 779. The maximum atomic E-state index is 12.8. The Morgan fingerprint density at radius 2 is 2.00 bits per heavy atom. The fourth-order valence-corrected chi connectivity index (χ4v) is 2.87. The van der Waals surface area contributed by atoms with Crippen molar-refractivity contribution in [1.82, 2.24) is 19.5 Å². The van der Waals surface area contributed by atoms with E-state index >= 15 is 0 Å². The first-order valence-electron chi connectivity index (χ1n) is 7.25. The summed E-state index contributed by atoms with van der Waals surface area (Å²) in [6.45, 7) is -2.46. The van der Waals surface area contributed by atoms with Gasteiger partial charge in [0.05, 0.1) is 18.9 Å². The zero-order chi connectivity index (χ0) is 16.8. The molecule has 2 heterocycles. The van der Waals surface area contributed by atoms with E-state index in [4.69, 9.17) is 0 Å². The Kier molecular flexibility index (Phi) is 5.37. The summed E-state index contributed by atoms with van der Waals surface area (Å²) in [7, 11) is 0. The number of rotatable bonds is 7. The number of thioether (sulfide) groups is 1. The van der Waals surface area contributed by atoms with E-state index in [2.05, 4.69) is 20.3 Å². The van der Waals surface area contributed by atoms with E-state index in [0.29, 0.717) is 5.82 Å². The molecule has 0 fully saturated rings. The van der Waals surface area contributed by atoms with Crippen LogP contribution >= 0.6 is 11.8 Å². The molecule has 0 aliphatic heterocycles. The van der Waals surface area contributed by atoms with E-state index in [-0.39, 0.29) is 12.4 Å².